The van der Waals surface area contributed by atoms with Gasteiger partial charge in [-0.3, -0.25) is 4.79 Å². The van der Waals surface area contributed by atoms with E-state index < -0.39 is 11.8 Å². The SMILES string of the molecule is O=NC(=O)C1C=Nc2ncncc2C1. The Morgan fingerprint density at radius 1 is 1.57 bits per heavy atom. The Bertz CT molecular complexity index is 416. The molecule has 1 aromatic heterocycles. The molecule has 1 amide bonds. The van der Waals surface area contributed by atoms with Gasteiger partial charge in [0.1, 0.15) is 6.33 Å². The zero-order valence-corrected chi connectivity index (χ0v) is 7.12. The molecule has 70 valence electrons. The maximum atomic E-state index is 11.0. The number of fused-ring (bicyclic) bond motifs is 1. The molecular weight excluding hydrogens is 184 g/mol. The van der Waals surface area contributed by atoms with Crippen molar-refractivity contribution >= 4 is 17.9 Å². The van der Waals surface area contributed by atoms with Gasteiger partial charge >= 0.3 is 0 Å². The lowest BCUT2D eigenvalue weighted by Crippen LogP contribution is -2.19. The van der Waals surface area contributed by atoms with Crippen LogP contribution < -0.4 is 0 Å². The molecule has 0 N–H and O–H groups in total. The van der Waals surface area contributed by atoms with Crippen molar-refractivity contribution in [3.05, 3.63) is 23.0 Å². The summed E-state index contributed by atoms with van der Waals surface area (Å²) in [5.41, 5.74) is 0.761. The average Bonchev–Trinajstić information content (AvgIpc) is 2.27. The minimum atomic E-state index is -0.705. The van der Waals surface area contributed by atoms with Crippen LogP contribution in [0.3, 0.4) is 0 Å². The van der Waals surface area contributed by atoms with Crippen LogP contribution in [0.1, 0.15) is 5.56 Å². The monoisotopic (exact) mass is 190 g/mol. The number of hydrogen-bond donors (Lipinski definition) is 0. The van der Waals surface area contributed by atoms with Gasteiger partial charge in [-0.15, -0.1) is 4.91 Å². The number of nitroso groups, excluding NO2 is 1. The van der Waals surface area contributed by atoms with Crippen LogP contribution in [0.5, 0.6) is 0 Å². The van der Waals surface area contributed by atoms with Crippen LogP contribution in [0.4, 0.5) is 5.82 Å². The zero-order chi connectivity index (χ0) is 9.97. The third kappa shape index (κ3) is 1.41. The number of hydrogen-bond acceptors (Lipinski definition) is 5. The highest BCUT2D eigenvalue weighted by Gasteiger charge is 2.22. The number of nitrogens with zero attached hydrogens (tertiary/aromatic N) is 4. The molecule has 14 heavy (non-hydrogen) atoms. The van der Waals surface area contributed by atoms with Crippen LogP contribution in [-0.4, -0.2) is 22.1 Å². The highest BCUT2D eigenvalue weighted by atomic mass is 16.3. The predicted octanol–water partition coefficient (Wildman–Crippen LogP) is 0.644. The normalized spacial score (nSPS) is 18.7. The molecule has 1 atom stereocenters. The molecule has 0 saturated carbocycles. The van der Waals surface area contributed by atoms with E-state index in [2.05, 4.69) is 20.1 Å². The molecule has 0 saturated heterocycles. The van der Waals surface area contributed by atoms with Crippen LogP contribution in [0.15, 0.2) is 22.7 Å². The van der Waals surface area contributed by atoms with Gasteiger partial charge in [-0.2, -0.15) is 0 Å². The molecule has 1 aromatic rings. The van der Waals surface area contributed by atoms with Crippen LogP contribution in [-0.2, 0) is 11.2 Å². The third-order valence-electron chi connectivity index (χ3n) is 1.99. The fraction of sp³-hybridized carbons (Fsp3) is 0.250. The number of amides is 1. The summed E-state index contributed by atoms with van der Waals surface area (Å²) < 4.78 is 0. The Morgan fingerprint density at radius 2 is 2.43 bits per heavy atom. The van der Waals surface area contributed by atoms with Crippen molar-refractivity contribution in [2.75, 3.05) is 0 Å². The van der Waals surface area contributed by atoms with Crippen molar-refractivity contribution in [1.82, 2.24) is 9.97 Å². The lowest BCUT2D eigenvalue weighted by Gasteiger charge is -2.12. The fourth-order valence-corrected chi connectivity index (χ4v) is 1.28. The number of carbonyl (C=O) groups excluding carboxylic acids is 1. The van der Waals surface area contributed by atoms with Crippen molar-refractivity contribution in [2.45, 2.75) is 6.42 Å². The van der Waals surface area contributed by atoms with Gasteiger partial charge in [-0.25, -0.2) is 15.0 Å². The molecule has 1 aliphatic heterocycles. The van der Waals surface area contributed by atoms with E-state index in [0.717, 1.165) is 5.56 Å². The third-order valence-corrected chi connectivity index (χ3v) is 1.99. The number of rotatable bonds is 1. The Balaban J connectivity index is 2.29. The number of carbonyl (C=O) groups is 1. The minimum Gasteiger partial charge on any atom is -0.268 e. The molecule has 0 fully saturated rings. The summed E-state index contributed by atoms with van der Waals surface area (Å²) in [5, 5.41) is 2.36. The Morgan fingerprint density at radius 3 is 3.21 bits per heavy atom. The van der Waals surface area contributed by atoms with Gasteiger partial charge < -0.3 is 0 Å². The van der Waals surface area contributed by atoms with Gasteiger partial charge in [0.25, 0.3) is 5.91 Å². The van der Waals surface area contributed by atoms with Gasteiger partial charge in [0, 0.05) is 23.2 Å². The van der Waals surface area contributed by atoms with E-state index in [-0.39, 0.29) is 0 Å². The van der Waals surface area contributed by atoms with Crippen molar-refractivity contribution in [3.8, 4) is 0 Å². The van der Waals surface area contributed by atoms with E-state index in [1.165, 1.54) is 12.5 Å². The van der Waals surface area contributed by atoms with Gasteiger partial charge in [0.15, 0.2) is 5.82 Å². The Hall–Kier alpha value is -1.98. The largest absolute Gasteiger partial charge is 0.295 e. The van der Waals surface area contributed by atoms with Crippen molar-refractivity contribution in [1.29, 1.82) is 0 Å². The van der Waals surface area contributed by atoms with Crippen molar-refractivity contribution < 1.29 is 4.79 Å². The second-order valence-electron chi connectivity index (χ2n) is 2.89. The highest BCUT2D eigenvalue weighted by molar-refractivity contribution is 5.95. The average molecular weight is 190 g/mol. The van der Waals surface area contributed by atoms with E-state index in [1.54, 1.807) is 6.20 Å². The molecule has 1 unspecified atom stereocenters. The van der Waals surface area contributed by atoms with Gasteiger partial charge in [-0.1, -0.05) is 0 Å². The van der Waals surface area contributed by atoms with Crippen LogP contribution in [0.2, 0.25) is 0 Å². The molecule has 0 bridgehead atoms. The van der Waals surface area contributed by atoms with Crippen molar-refractivity contribution in [2.24, 2.45) is 16.1 Å². The topological polar surface area (TPSA) is 84.6 Å². The molecule has 0 aliphatic carbocycles. The summed E-state index contributed by atoms with van der Waals surface area (Å²) >= 11 is 0. The molecule has 2 rings (SSSR count). The van der Waals surface area contributed by atoms with Crippen LogP contribution >= 0.6 is 0 Å². The van der Waals surface area contributed by atoms with E-state index >= 15 is 0 Å². The summed E-state index contributed by atoms with van der Waals surface area (Å²) in [4.78, 5) is 32.7. The number of aliphatic imine (C=N–C) groups is 1. The van der Waals surface area contributed by atoms with Gasteiger partial charge in [0.05, 0.1) is 5.92 Å². The smallest absolute Gasteiger partial charge is 0.268 e. The van der Waals surface area contributed by atoms with Crippen LogP contribution in [0.25, 0.3) is 0 Å². The molecule has 2 heterocycles. The molecule has 6 heteroatoms. The second kappa shape index (κ2) is 3.41. The summed E-state index contributed by atoms with van der Waals surface area (Å²) in [7, 11) is 0. The minimum absolute atomic E-state index is 0.393. The summed E-state index contributed by atoms with van der Waals surface area (Å²) in [6, 6.07) is 0. The lowest BCUT2D eigenvalue weighted by atomic mass is 9.99. The van der Waals surface area contributed by atoms with E-state index in [1.807, 2.05) is 0 Å². The van der Waals surface area contributed by atoms with Crippen molar-refractivity contribution in [3.63, 3.8) is 0 Å². The van der Waals surface area contributed by atoms with Gasteiger partial charge in [0.2, 0.25) is 0 Å². The molecule has 1 aliphatic rings. The van der Waals surface area contributed by atoms with E-state index in [0.29, 0.717) is 12.2 Å². The maximum Gasteiger partial charge on any atom is 0.295 e. The predicted molar refractivity (Wildman–Crippen MR) is 48.2 cm³/mol. The Kier molecular flexibility index (Phi) is 2.10. The highest BCUT2D eigenvalue weighted by Crippen LogP contribution is 2.22. The first-order valence-corrected chi connectivity index (χ1v) is 4.01. The second-order valence-corrected chi connectivity index (χ2v) is 2.89. The molecular formula is C8H6N4O2. The maximum absolute atomic E-state index is 11.0. The first kappa shape index (κ1) is 8.61. The molecule has 0 radical (unpaired) electrons. The summed E-state index contributed by atoms with van der Waals surface area (Å²) in [6.07, 6.45) is 4.77. The lowest BCUT2D eigenvalue weighted by molar-refractivity contribution is -0.119. The standard InChI is InChI=1S/C8H6N4O2/c13-8(12-14)6-1-5-2-9-4-11-7(5)10-3-6/h2-4,6H,1H2. The molecule has 6 nitrogen and oxygen atoms in total. The van der Waals surface area contributed by atoms with Crippen LogP contribution in [0, 0.1) is 10.8 Å². The first-order chi connectivity index (χ1) is 6.81. The summed E-state index contributed by atoms with van der Waals surface area (Å²) in [6.45, 7) is 0. The molecule has 0 aromatic carbocycles. The first-order valence-electron chi connectivity index (χ1n) is 4.01. The molecule has 0 spiro atoms. The number of aromatic nitrogens is 2. The Labute approximate surface area is 79.1 Å². The zero-order valence-electron chi connectivity index (χ0n) is 7.12. The van der Waals surface area contributed by atoms with E-state index in [4.69, 9.17) is 0 Å². The van der Waals surface area contributed by atoms with Gasteiger partial charge in [-0.05, 0) is 6.42 Å². The van der Waals surface area contributed by atoms with E-state index in [9.17, 15) is 9.70 Å². The summed E-state index contributed by atoms with van der Waals surface area (Å²) in [5.74, 6) is -0.718. The fourth-order valence-electron chi connectivity index (χ4n) is 1.28. The quantitative estimate of drug-likeness (QED) is 0.608.